The third-order valence-corrected chi connectivity index (χ3v) is 3.61. The number of amides is 1. The average molecular weight is 328 g/mol. The second kappa shape index (κ2) is 8.93. The van der Waals surface area contributed by atoms with Gasteiger partial charge in [0.25, 0.3) is 0 Å². The zero-order valence-electron chi connectivity index (χ0n) is 13.6. The van der Waals surface area contributed by atoms with Gasteiger partial charge in [0, 0.05) is 24.2 Å². The van der Waals surface area contributed by atoms with E-state index < -0.39 is 0 Å². The van der Waals surface area contributed by atoms with Crippen LogP contribution < -0.4 is 10.6 Å². The van der Waals surface area contributed by atoms with Crippen molar-refractivity contribution >= 4 is 17.4 Å². The Morgan fingerprint density at radius 1 is 1.04 bits per heavy atom. The molecule has 0 heterocycles. The SMILES string of the molecule is CC(=O)c1cccc(NC(=O)CCNCCc2ccccc2F)c1. The molecule has 0 aromatic heterocycles. The molecular weight excluding hydrogens is 307 g/mol. The molecule has 0 saturated carbocycles. The first-order valence-corrected chi connectivity index (χ1v) is 7.91. The summed E-state index contributed by atoms with van der Waals surface area (Å²) in [6, 6.07) is 13.5. The van der Waals surface area contributed by atoms with E-state index >= 15 is 0 Å². The Morgan fingerprint density at radius 3 is 2.58 bits per heavy atom. The van der Waals surface area contributed by atoms with Crippen LogP contribution >= 0.6 is 0 Å². The van der Waals surface area contributed by atoms with Gasteiger partial charge in [-0.1, -0.05) is 30.3 Å². The van der Waals surface area contributed by atoms with Crippen LogP contribution in [0.25, 0.3) is 0 Å². The van der Waals surface area contributed by atoms with Gasteiger partial charge in [0.05, 0.1) is 0 Å². The number of carbonyl (C=O) groups excluding carboxylic acids is 2. The van der Waals surface area contributed by atoms with Crippen LogP contribution in [-0.2, 0) is 11.2 Å². The van der Waals surface area contributed by atoms with Crippen LogP contribution in [0, 0.1) is 5.82 Å². The fourth-order valence-corrected chi connectivity index (χ4v) is 2.29. The quantitative estimate of drug-likeness (QED) is 0.578. The topological polar surface area (TPSA) is 58.2 Å². The number of hydrogen-bond acceptors (Lipinski definition) is 3. The Balaban J connectivity index is 1.69. The molecule has 2 N–H and O–H groups in total. The van der Waals surface area contributed by atoms with Crippen molar-refractivity contribution < 1.29 is 14.0 Å². The molecule has 0 saturated heterocycles. The lowest BCUT2D eigenvalue weighted by atomic mass is 10.1. The smallest absolute Gasteiger partial charge is 0.225 e. The van der Waals surface area contributed by atoms with Crippen molar-refractivity contribution in [2.45, 2.75) is 19.8 Å². The van der Waals surface area contributed by atoms with Gasteiger partial charge in [-0.05, 0) is 43.7 Å². The summed E-state index contributed by atoms with van der Waals surface area (Å²) in [5.74, 6) is -0.377. The van der Waals surface area contributed by atoms with Crippen molar-refractivity contribution in [1.82, 2.24) is 5.32 Å². The summed E-state index contributed by atoms with van der Waals surface area (Å²) in [5, 5.41) is 5.89. The van der Waals surface area contributed by atoms with Crippen molar-refractivity contribution in [2.24, 2.45) is 0 Å². The minimum Gasteiger partial charge on any atom is -0.326 e. The number of nitrogens with one attached hydrogen (secondary N) is 2. The second-order valence-electron chi connectivity index (χ2n) is 5.53. The van der Waals surface area contributed by atoms with Crippen LogP contribution in [0.1, 0.15) is 29.3 Å². The van der Waals surface area contributed by atoms with Crippen LogP contribution in [0.4, 0.5) is 10.1 Å². The van der Waals surface area contributed by atoms with Gasteiger partial charge in [-0.2, -0.15) is 0 Å². The van der Waals surface area contributed by atoms with E-state index in [1.807, 2.05) is 0 Å². The molecule has 2 aromatic rings. The fourth-order valence-electron chi connectivity index (χ4n) is 2.29. The molecule has 126 valence electrons. The van der Waals surface area contributed by atoms with Crippen LogP contribution in [0.2, 0.25) is 0 Å². The predicted octanol–water partition coefficient (Wildman–Crippen LogP) is 3.19. The number of halogens is 1. The Hall–Kier alpha value is -2.53. The summed E-state index contributed by atoms with van der Waals surface area (Å²) in [5.41, 5.74) is 1.84. The molecule has 0 spiro atoms. The Bertz CT molecular complexity index is 716. The maximum absolute atomic E-state index is 13.4. The first-order valence-electron chi connectivity index (χ1n) is 7.91. The molecule has 0 aliphatic heterocycles. The van der Waals surface area contributed by atoms with Gasteiger partial charge < -0.3 is 10.6 Å². The highest BCUT2D eigenvalue weighted by atomic mass is 19.1. The molecule has 2 rings (SSSR count). The molecule has 0 radical (unpaired) electrons. The molecule has 2 aromatic carbocycles. The van der Waals surface area contributed by atoms with E-state index in [1.165, 1.54) is 13.0 Å². The zero-order chi connectivity index (χ0) is 17.4. The number of ketones is 1. The number of hydrogen-bond donors (Lipinski definition) is 2. The van der Waals surface area contributed by atoms with Crippen molar-refractivity contribution in [3.05, 3.63) is 65.5 Å². The molecule has 5 heteroatoms. The minimum atomic E-state index is -0.206. The van der Waals surface area contributed by atoms with Crippen LogP contribution in [0.3, 0.4) is 0 Å². The van der Waals surface area contributed by atoms with Crippen molar-refractivity contribution in [1.29, 1.82) is 0 Å². The molecule has 24 heavy (non-hydrogen) atoms. The number of anilines is 1. The summed E-state index contributed by atoms with van der Waals surface area (Å²) in [6.45, 7) is 2.60. The summed E-state index contributed by atoms with van der Waals surface area (Å²) in [7, 11) is 0. The average Bonchev–Trinajstić information content (AvgIpc) is 2.56. The Labute approximate surface area is 141 Å². The van der Waals surface area contributed by atoms with E-state index in [-0.39, 0.29) is 17.5 Å². The third kappa shape index (κ3) is 5.59. The van der Waals surface area contributed by atoms with Gasteiger partial charge in [0.2, 0.25) is 5.91 Å². The number of rotatable bonds is 8. The van der Waals surface area contributed by atoms with Crippen LogP contribution in [0.5, 0.6) is 0 Å². The number of Topliss-reactive ketones (excluding diaryl/α,β-unsaturated/α-hetero) is 1. The van der Waals surface area contributed by atoms with Gasteiger partial charge >= 0.3 is 0 Å². The van der Waals surface area contributed by atoms with Gasteiger partial charge in [-0.3, -0.25) is 9.59 Å². The maximum Gasteiger partial charge on any atom is 0.225 e. The zero-order valence-corrected chi connectivity index (χ0v) is 13.6. The molecule has 0 atom stereocenters. The third-order valence-electron chi connectivity index (χ3n) is 3.61. The molecular formula is C19H21FN2O2. The van der Waals surface area contributed by atoms with Gasteiger partial charge in [0.1, 0.15) is 5.82 Å². The summed E-state index contributed by atoms with van der Waals surface area (Å²) in [4.78, 5) is 23.2. The monoisotopic (exact) mass is 328 g/mol. The minimum absolute atomic E-state index is 0.0408. The van der Waals surface area contributed by atoms with E-state index in [4.69, 9.17) is 0 Å². The standard InChI is InChI=1S/C19H21FN2O2/c1-14(23)16-6-4-7-17(13-16)22-19(24)10-12-21-11-9-15-5-2-3-8-18(15)20/h2-8,13,21H,9-12H2,1H3,(H,22,24). The highest BCUT2D eigenvalue weighted by molar-refractivity contribution is 5.97. The van der Waals surface area contributed by atoms with Crippen molar-refractivity contribution in [3.8, 4) is 0 Å². The van der Waals surface area contributed by atoms with E-state index in [0.29, 0.717) is 42.7 Å². The lowest BCUT2D eigenvalue weighted by molar-refractivity contribution is -0.116. The molecule has 0 aliphatic rings. The Morgan fingerprint density at radius 2 is 1.83 bits per heavy atom. The van der Waals surface area contributed by atoms with Crippen LogP contribution in [-0.4, -0.2) is 24.8 Å². The number of carbonyl (C=O) groups is 2. The molecule has 0 unspecified atom stereocenters. The van der Waals surface area contributed by atoms with E-state index in [1.54, 1.807) is 42.5 Å². The van der Waals surface area contributed by atoms with Gasteiger partial charge in [0.15, 0.2) is 5.78 Å². The van der Waals surface area contributed by atoms with Crippen LogP contribution in [0.15, 0.2) is 48.5 Å². The van der Waals surface area contributed by atoms with E-state index in [9.17, 15) is 14.0 Å². The molecule has 0 aliphatic carbocycles. The largest absolute Gasteiger partial charge is 0.326 e. The second-order valence-corrected chi connectivity index (χ2v) is 5.53. The Kier molecular flexibility index (Phi) is 6.63. The fraction of sp³-hybridized carbons (Fsp3) is 0.263. The highest BCUT2D eigenvalue weighted by Gasteiger charge is 2.05. The van der Waals surface area contributed by atoms with Crippen molar-refractivity contribution in [3.63, 3.8) is 0 Å². The highest BCUT2D eigenvalue weighted by Crippen LogP contribution is 2.11. The lowest BCUT2D eigenvalue weighted by Gasteiger charge is -2.08. The first kappa shape index (κ1) is 17.8. The van der Waals surface area contributed by atoms with Crippen molar-refractivity contribution in [2.75, 3.05) is 18.4 Å². The number of benzene rings is 2. The lowest BCUT2D eigenvalue weighted by Crippen LogP contribution is -2.23. The molecule has 4 nitrogen and oxygen atoms in total. The summed E-state index contributed by atoms with van der Waals surface area (Å²) < 4.78 is 13.4. The predicted molar refractivity (Wildman–Crippen MR) is 92.7 cm³/mol. The van der Waals surface area contributed by atoms with Gasteiger partial charge in [-0.25, -0.2) is 4.39 Å². The molecule has 0 bridgehead atoms. The van der Waals surface area contributed by atoms with E-state index in [2.05, 4.69) is 10.6 Å². The van der Waals surface area contributed by atoms with E-state index in [0.717, 1.165) is 0 Å². The van der Waals surface area contributed by atoms with Gasteiger partial charge in [-0.15, -0.1) is 0 Å². The normalized spacial score (nSPS) is 10.4. The summed E-state index contributed by atoms with van der Waals surface area (Å²) in [6.07, 6.45) is 0.885. The maximum atomic E-state index is 13.4. The molecule has 0 fully saturated rings. The first-order chi connectivity index (χ1) is 11.6. The molecule has 1 amide bonds. The summed E-state index contributed by atoms with van der Waals surface area (Å²) >= 11 is 0.